The van der Waals surface area contributed by atoms with Gasteiger partial charge in [-0.05, 0) is 12.1 Å². The monoisotopic (exact) mass is 222 g/mol. The number of aldehydes is 1. The summed E-state index contributed by atoms with van der Waals surface area (Å²) < 4.78 is 1.72. The van der Waals surface area contributed by atoms with E-state index in [0.29, 0.717) is 10.8 Å². The average Bonchev–Trinajstić information content (AvgIpc) is 2.85. The Hall–Kier alpha value is -1.69. The smallest absolute Gasteiger partial charge is 0.218 e. The molecule has 2 aromatic heterocycles. The zero-order chi connectivity index (χ0) is 10.8. The van der Waals surface area contributed by atoms with Crippen LogP contribution in [0.4, 0.5) is 5.13 Å². The van der Waals surface area contributed by atoms with E-state index in [0.717, 1.165) is 11.4 Å². The Morgan fingerprint density at radius 3 is 2.87 bits per heavy atom. The van der Waals surface area contributed by atoms with E-state index in [2.05, 4.69) is 10.2 Å². The Balaban J connectivity index is 2.41. The van der Waals surface area contributed by atoms with Gasteiger partial charge in [0.25, 0.3) is 0 Å². The summed E-state index contributed by atoms with van der Waals surface area (Å²) in [4.78, 5) is 12.6. The second-order valence-corrected chi connectivity index (χ2v) is 4.12. The first-order chi connectivity index (χ1) is 7.22. The normalized spacial score (nSPS) is 10.3. The van der Waals surface area contributed by atoms with Gasteiger partial charge in [0.2, 0.25) is 10.3 Å². The van der Waals surface area contributed by atoms with Gasteiger partial charge in [-0.3, -0.25) is 9.36 Å². The summed E-state index contributed by atoms with van der Waals surface area (Å²) in [6.45, 7) is 0. The third kappa shape index (κ3) is 1.75. The Bertz CT molecular complexity index is 474. The number of rotatable bonds is 3. The predicted octanol–water partition coefficient (Wildman–Crippen LogP) is 1.21. The van der Waals surface area contributed by atoms with Crippen LogP contribution in [0.3, 0.4) is 0 Å². The molecule has 15 heavy (non-hydrogen) atoms. The molecule has 0 amide bonds. The van der Waals surface area contributed by atoms with Gasteiger partial charge in [0.15, 0.2) is 6.29 Å². The lowest BCUT2D eigenvalue weighted by Crippen LogP contribution is -2.07. The minimum Gasteiger partial charge on any atom is -0.353 e. The molecule has 0 saturated carbocycles. The summed E-state index contributed by atoms with van der Waals surface area (Å²) in [5.74, 6) is 0. The summed E-state index contributed by atoms with van der Waals surface area (Å²) in [5.41, 5.74) is 0.580. The molecule has 0 N–H and O–H groups in total. The molecule has 0 bridgehead atoms. The van der Waals surface area contributed by atoms with Gasteiger partial charge >= 0.3 is 0 Å². The topological polar surface area (TPSA) is 51.0 Å². The second-order valence-electron chi connectivity index (χ2n) is 3.18. The summed E-state index contributed by atoms with van der Waals surface area (Å²) in [7, 11) is 3.81. The highest BCUT2D eigenvalue weighted by Crippen LogP contribution is 2.22. The van der Waals surface area contributed by atoms with Gasteiger partial charge in [-0.1, -0.05) is 11.3 Å². The molecule has 2 rings (SSSR count). The van der Waals surface area contributed by atoms with Crippen LogP contribution in [0.5, 0.6) is 0 Å². The molecular formula is C9H10N4OS. The van der Waals surface area contributed by atoms with Gasteiger partial charge in [0, 0.05) is 20.3 Å². The number of anilines is 1. The maximum absolute atomic E-state index is 10.7. The first-order valence-corrected chi connectivity index (χ1v) is 5.18. The molecule has 0 aliphatic rings. The standard InChI is InChI=1S/C9H10N4OS/c1-12(2)8-10-11-9(15-8)13-5-3-4-7(13)6-14/h3-6H,1-2H3. The highest BCUT2D eigenvalue weighted by molar-refractivity contribution is 7.17. The van der Waals surface area contributed by atoms with Crippen molar-refractivity contribution >= 4 is 22.8 Å². The number of carbonyl (C=O) groups excluding carboxylic acids is 1. The second kappa shape index (κ2) is 3.82. The van der Waals surface area contributed by atoms with E-state index in [1.54, 1.807) is 22.9 Å². The molecule has 0 fully saturated rings. The lowest BCUT2D eigenvalue weighted by Gasteiger charge is -2.04. The van der Waals surface area contributed by atoms with Crippen molar-refractivity contribution in [3.63, 3.8) is 0 Å². The highest BCUT2D eigenvalue weighted by atomic mass is 32.1. The van der Waals surface area contributed by atoms with E-state index in [4.69, 9.17) is 0 Å². The van der Waals surface area contributed by atoms with Crippen LogP contribution in [0.15, 0.2) is 18.3 Å². The molecule has 2 aromatic rings. The van der Waals surface area contributed by atoms with Crippen LogP contribution in [-0.2, 0) is 0 Å². The molecular weight excluding hydrogens is 212 g/mol. The molecule has 0 saturated heterocycles. The summed E-state index contributed by atoms with van der Waals surface area (Å²) in [6.07, 6.45) is 2.60. The molecule has 0 radical (unpaired) electrons. The van der Waals surface area contributed by atoms with Crippen molar-refractivity contribution in [1.82, 2.24) is 14.8 Å². The average molecular weight is 222 g/mol. The van der Waals surface area contributed by atoms with Crippen LogP contribution < -0.4 is 4.90 Å². The lowest BCUT2D eigenvalue weighted by molar-refractivity contribution is 0.111. The van der Waals surface area contributed by atoms with Gasteiger partial charge in [0.05, 0.1) is 5.69 Å². The Morgan fingerprint density at radius 2 is 2.27 bits per heavy atom. The zero-order valence-corrected chi connectivity index (χ0v) is 9.23. The number of carbonyl (C=O) groups is 1. The molecule has 0 atom stereocenters. The number of hydrogen-bond donors (Lipinski definition) is 0. The van der Waals surface area contributed by atoms with Crippen LogP contribution >= 0.6 is 11.3 Å². The van der Waals surface area contributed by atoms with Crippen LogP contribution in [0.2, 0.25) is 0 Å². The van der Waals surface area contributed by atoms with Gasteiger partial charge in [-0.15, -0.1) is 10.2 Å². The lowest BCUT2D eigenvalue weighted by atomic mass is 10.5. The molecule has 0 aliphatic carbocycles. The number of nitrogens with zero attached hydrogens (tertiary/aromatic N) is 4. The van der Waals surface area contributed by atoms with E-state index < -0.39 is 0 Å². The van der Waals surface area contributed by atoms with E-state index in [9.17, 15) is 4.79 Å². The molecule has 0 spiro atoms. The fraction of sp³-hybridized carbons (Fsp3) is 0.222. The maximum atomic E-state index is 10.7. The molecule has 0 aromatic carbocycles. The number of hydrogen-bond acceptors (Lipinski definition) is 5. The SMILES string of the molecule is CN(C)c1nnc(-n2cccc2C=O)s1. The van der Waals surface area contributed by atoms with Crippen molar-refractivity contribution in [2.24, 2.45) is 0 Å². The third-order valence-electron chi connectivity index (χ3n) is 1.89. The van der Waals surface area contributed by atoms with E-state index in [1.807, 2.05) is 19.0 Å². The molecule has 5 nitrogen and oxygen atoms in total. The van der Waals surface area contributed by atoms with Gasteiger partial charge < -0.3 is 4.90 Å². The maximum Gasteiger partial charge on any atom is 0.218 e. The van der Waals surface area contributed by atoms with Crippen molar-refractivity contribution in [2.45, 2.75) is 0 Å². The first kappa shape index (κ1) is 9.85. The highest BCUT2D eigenvalue weighted by Gasteiger charge is 2.09. The van der Waals surface area contributed by atoms with E-state index in [-0.39, 0.29) is 0 Å². The predicted molar refractivity (Wildman–Crippen MR) is 59.0 cm³/mol. The van der Waals surface area contributed by atoms with Crippen LogP contribution in [0.25, 0.3) is 5.13 Å². The molecule has 2 heterocycles. The zero-order valence-electron chi connectivity index (χ0n) is 8.41. The number of aromatic nitrogens is 3. The van der Waals surface area contributed by atoms with Crippen molar-refractivity contribution < 1.29 is 4.79 Å². The first-order valence-electron chi connectivity index (χ1n) is 4.36. The van der Waals surface area contributed by atoms with Gasteiger partial charge in [0.1, 0.15) is 0 Å². The molecule has 0 unspecified atom stereocenters. The third-order valence-corrected chi connectivity index (χ3v) is 2.98. The van der Waals surface area contributed by atoms with Crippen molar-refractivity contribution in [3.05, 3.63) is 24.0 Å². The Kier molecular flexibility index (Phi) is 2.51. The minimum atomic E-state index is 0.580. The largest absolute Gasteiger partial charge is 0.353 e. The van der Waals surface area contributed by atoms with Crippen molar-refractivity contribution in [3.8, 4) is 5.13 Å². The van der Waals surface area contributed by atoms with E-state index in [1.165, 1.54) is 11.3 Å². The van der Waals surface area contributed by atoms with Crippen LogP contribution in [-0.4, -0.2) is 35.1 Å². The fourth-order valence-electron chi connectivity index (χ4n) is 1.15. The van der Waals surface area contributed by atoms with Crippen molar-refractivity contribution in [2.75, 3.05) is 19.0 Å². The van der Waals surface area contributed by atoms with Crippen LogP contribution in [0.1, 0.15) is 10.5 Å². The quantitative estimate of drug-likeness (QED) is 0.732. The fourth-order valence-corrected chi connectivity index (χ4v) is 1.92. The van der Waals surface area contributed by atoms with Gasteiger partial charge in [-0.25, -0.2) is 0 Å². The summed E-state index contributed by atoms with van der Waals surface area (Å²) in [5, 5.41) is 9.54. The molecule has 78 valence electrons. The van der Waals surface area contributed by atoms with Gasteiger partial charge in [-0.2, -0.15) is 0 Å². The molecule has 0 aliphatic heterocycles. The summed E-state index contributed by atoms with van der Waals surface area (Å²) in [6, 6.07) is 3.55. The Labute approximate surface area is 91.0 Å². The summed E-state index contributed by atoms with van der Waals surface area (Å²) >= 11 is 1.44. The van der Waals surface area contributed by atoms with Crippen molar-refractivity contribution in [1.29, 1.82) is 0 Å². The molecule has 6 heteroatoms. The van der Waals surface area contributed by atoms with E-state index >= 15 is 0 Å². The van der Waals surface area contributed by atoms with Crippen LogP contribution in [0, 0.1) is 0 Å². The minimum absolute atomic E-state index is 0.580. The Morgan fingerprint density at radius 1 is 1.47 bits per heavy atom.